The van der Waals surface area contributed by atoms with E-state index in [4.69, 9.17) is 13.9 Å². The minimum atomic E-state index is -4.76. The van der Waals surface area contributed by atoms with Crippen LogP contribution in [0.15, 0.2) is 65.5 Å². The first kappa shape index (κ1) is 35.4. The zero-order valence-corrected chi connectivity index (χ0v) is 27.4. The number of amides is 4. The standard InChI is InChI=1S/C32H33F3N8O7/c1-31(2,3)50-30(47)43(18-32(33,34)35)24-12-20(10-11-36-24)28-39-23(17-48-28)27(45)38-22-15-41(4)40-26(22)42-14-21(13-25(42)44)37-29(46)49-16-19-8-6-5-7-9-19/h5-12,15,17,21H,13-14,16,18H2,1-4H3,(H,37,46)(H,38,45)/t21-/m0/s1. The molecule has 2 N–H and O–H groups in total. The smallest absolute Gasteiger partial charge is 0.416 e. The molecule has 3 aromatic heterocycles. The summed E-state index contributed by atoms with van der Waals surface area (Å²) in [7, 11) is 1.59. The Balaban J connectivity index is 1.26. The number of anilines is 3. The third-order valence-electron chi connectivity index (χ3n) is 6.93. The summed E-state index contributed by atoms with van der Waals surface area (Å²) in [6.45, 7) is 2.99. The lowest BCUT2D eigenvalue weighted by Crippen LogP contribution is -2.42. The molecule has 0 radical (unpaired) electrons. The zero-order valence-electron chi connectivity index (χ0n) is 27.4. The fourth-order valence-electron chi connectivity index (χ4n) is 4.84. The second-order valence-corrected chi connectivity index (χ2v) is 12.2. The molecule has 4 aromatic rings. The van der Waals surface area contributed by atoms with Gasteiger partial charge in [0.2, 0.25) is 11.8 Å². The Morgan fingerprint density at radius 3 is 2.56 bits per heavy atom. The van der Waals surface area contributed by atoms with E-state index in [-0.39, 0.29) is 60.0 Å². The van der Waals surface area contributed by atoms with Gasteiger partial charge in [0.15, 0.2) is 11.5 Å². The van der Waals surface area contributed by atoms with Crippen molar-refractivity contribution in [3.8, 4) is 11.5 Å². The van der Waals surface area contributed by atoms with E-state index in [9.17, 15) is 32.3 Å². The maximum atomic E-state index is 13.4. The summed E-state index contributed by atoms with van der Waals surface area (Å²) in [5.74, 6) is -1.50. The van der Waals surface area contributed by atoms with Crippen molar-refractivity contribution in [1.82, 2.24) is 25.1 Å². The van der Waals surface area contributed by atoms with Crippen molar-refractivity contribution < 1.29 is 46.2 Å². The summed E-state index contributed by atoms with van der Waals surface area (Å²) >= 11 is 0. The van der Waals surface area contributed by atoms with Gasteiger partial charge in [-0.1, -0.05) is 30.3 Å². The van der Waals surface area contributed by atoms with Crippen LogP contribution < -0.4 is 20.4 Å². The predicted molar refractivity (Wildman–Crippen MR) is 171 cm³/mol. The summed E-state index contributed by atoms with van der Waals surface area (Å²) in [4.78, 5) is 60.9. The van der Waals surface area contributed by atoms with E-state index in [1.54, 1.807) is 7.05 Å². The van der Waals surface area contributed by atoms with Crippen molar-refractivity contribution in [2.45, 2.75) is 51.6 Å². The van der Waals surface area contributed by atoms with E-state index in [1.165, 1.54) is 42.6 Å². The molecule has 1 saturated heterocycles. The number of hydrogen-bond acceptors (Lipinski definition) is 10. The van der Waals surface area contributed by atoms with Gasteiger partial charge in [-0.15, -0.1) is 0 Å². The summed E-state index contributed by atoms with van der Waals surface area (Å²) in [6, 6.07) is 11.0. The normalized spacial score (nSPS) is 14.7. The molecule has 1 aliphatic rings. The lowest BCUT2D eigenvalue weighted by atomic mass is 10.2. The number of nitrogens with one attached hydrogen (secondary N) is 2. The van der Waals surface area contributed by atoms with Crippen molar-refractivity contribution in [3.63, 3.8) is 0 Å². The van der Waals surface area contributed by atoms with Gasteiger partial charge in [0.05, 0.1) is 12.2 Å². The van der Waals surface area contributed by atoms with Crippen LogP contribution >= 0.6 is 0 Å². The highest BCUT2D eigenvalue weighted by molar-refractivity contribution is 6.06. The fraction of sp³-hybridized carbons (Fsp3) is 0.344. The lowest BCUT2D eigenvalue weighted by Gasteiger charge is -2.27. The number of ether oxygens (including phenoxy) is 2. The molecule has 5 rings (SSSR count). The molecule has 0 spiro atoms. The number of halogens is 3. The van der Waals surface area contributed by atoms with E-state index < -0.39 is 42.5 Å². The maximum Gasteiger partial charge on any atom is 0.416 e. The van der Waals surface area contributed by atoms with Crippen LogP contribution in [0.1, 0.15) is 43.2 Å². The van der Waals surface area contributed by atoms with Crippen LogP contribution in [0.4, 0.5) is 40.1 Å². The first-order chi connectivity index (χ1) is 23.5. The van der Waals surface area contributed by atoms with E-state index >= 15 is 0 Å². The van der Waals surface area contributed by atoms with Crippen LogP contribution in [0.2, 0.25) is 0 Å². The molecule has 4 heterocycles. The molecule has 15 nitrogen and oxygen atoms in total. The van der Waals surface area contributed by atoms with Gasteiger partial charge in [-0.05, 0) is 38.5 Å². The monoisotopic (exact) mass is 698 g/mol. The number of benzene rings is 1. The highest BCUT2D eigenvalue weighted by atomic mass is 19.4. The van der Waals surface area contributed by atoms with Gasteiger partial charge in [0, 0.05) is 31.8 Å². The second-order valence-electron chi connectivity index (χ2n) is 12.2. The minimum absolute atomic E-state index is 0.0285. The molecule has 1 fully saturated rings. The SMILES string of the molecule is Cn1cc(NC(=O)c2coc(-c3ccnc(N(CC(F)(F)F)C(=O)OC(C)(C)C)c3)n2)c(N2C[C@@H](NC(=O)OCc3ccccc3)CC2=O)n1. The molecule has 18 heteroatoms. The number of pyridine rings is 1. The van der Waals surface area contributed by atoms with Crippen molar-refractivity contribution in [2.75, 3.05) is 28.2 Å². The topological polar surface area (TPSA) is 174 Å². The summed E-state index contributed by atoms with van der Waals surface area (Å²) in [6.07, 6.45) is -3.09. The molecule has 50 heavy (non-hydrogen) atoms. The summed E-state index contributed by atoms with van der Waals surface area (Å²) in [5, 5.41) is 9.62. The molecule has 1 aliphatic heterocycles. The van der Waals surface area contributed by atoms with Crippen molar-refractivity contribution in [3.05, 3.63) is 72.4 Å². The van der Waals surface area contributed by atoms with E-state index in [0.29, 0.717) is 4.90 Å². The lowest BCUT2D eigenvalue weighted by molar-refractivity contribution is -0.120. The molecule has 264 valence electrons. The van der Waals surface area contributed by atoms with Crippen LogP contribution in [0.5, 0.6) is 0 Å². The van der Waals surface area contributed by atoms with Gasteiger partial charge < -0.3 is 24.5 Å². The van der Waals surface area contributed by atoms with Crippen LogP contribution in [0.3, 0.4) is 0 Å². The van der Waals surface area contributed by atoms with Crippen molar-refractivity contribution in [1.29, 1.82) is 0 Å². The van der Waals surface area contributed by atoms with Gasteiger partial charge in [0.1, 0.15) is 36.5 Å². The average molecular weight is 699 g/mol. The Morgan fingerprint density at radius 1 is 1.12 bits per heavy atom. The van der Waals surface area contributed by atoms with E-state index in [1.807, 2.05) is 30.3 Å². The molecule has 4 amide bonds. The number of alkyl carbamates (subject to hydrolysis) is 1. The Hall–Kier alpha value is -5.94. The highest BCUT2D eigenvalue weighted by Crippen LogP contribution is 2.30. The number of carbonyl (C=O) groups excluding carboxylic acids is 4. The van der Waals surface area contributed by atoms with Crippen LogP contribution in [0.25, 0.3) is 11.5 Å². The molecular formula is C32H33F3N8O7. The van der Waals surface area contributed by atoms with Crippen molar-refractivity contribution >= 4 is 41.3 Å². The number of oxazole rings is 1. The predicted octanol–water partition coefficient (Wildman–Crippen LogP) is 5.06. The van der Waals surface area contributed by atoms with Gasteiger partial charge in [-0.3, -0.25) is 24.1 Å². The number of carbonyl (C=O) groups is 4. The van der Waals surface area contributed by atoms with Crippen LogP contribution in [-0.2, 0) is 27.9 Å². The Bertz CT molecular complexity index is 1870. The third-order valence-corrected chi connectivity index (χ3v) is 6.93. The average Bonchev–Trinajstić information content (AvgIpc) is 3.76. The Labute approximate surface area is 283 Å². The molecule has 0 bridgehead atoms. The summed E-state index contributed by atoms with van der Waals surface area (Å²) < 4.78 is 57.4. The largest absolute Gasteiger partial charge is 0.445 e. The number of rotatable bonds is 9. The van der Waals surface area contributed by atoms with Crippen molar-refractivity contribution in [2.24, 2.45) is 7.05 Å². The maximum absolute atomic E-state index is 13.4. The minimum Gasteiger partial charge on any atom is -0.445 e. The molecule has 0 aliphatic carbocycles. The Morgan fingerprint density at radius 2 is 1.86 bits per heavy atom. The number of nitrogens with zero attached hydrogens (tertiary/aromatic N) is 6. The summed E-state index contributed by atoms with van der Waals surface area (Å²) in [5.41, 5.74) is -0.198. The zero-order chi connectivity index (χ0) is 36.2. The van der Waals surface area contributed by atoms with Crippen LogP contribution in [-0.4, -0.2) is 74.7 Å². The number of hydrogen-bond donors (Lipinski definition) is 2. The van der Waals surface area contributed by atoms with E-state index in [0.717, 1.165) is 24.1 Å². The number of alkyl halides is 3. The second kappa shape index (κ2) is 14.3. The van der Waals surface area contributed by atoms with Gasteiger partial charge in [-0.25, -0.2) is 19.6 Å². The molecule has 0 saturated carbocycles. The number of aromatic nitrogens is 4. The molecule has 1 aromatic carbocycles. The van der Waals surface area contributed by atoms with Gasteiger partial charge in [-0.2, -0.15) is 18.3 Å². The van der Waals surface area contributed by atoms with E-state index in [2.05, 4.69) is 25.7 Å². The number of aryl methyl sites for hydroxylation is 1. The highest BCUT2D eigenvalue weighted by Gasteiger charge is 2.37. The first-order valence-corrected chi connectivity index (χ1v) is 15.2. The van der Waals surface area contributed by atoms with Crippen LogP contribution in [0, 0.1) is 0 Å². The third kappa shape index (κ3) is 9.14. The fourth-order valence-corrected chi connectivity index (χ4v) is 4.84. The molecular weight excluding hydrogens is 665 g/mol. The molecule has 1 atom stereocenters. The molecule has 0 unspecified atom stereocenters. The van der Waals surface area contributed by atoms with Gasteiger partial charge >= 0.3 is 18.4 Å². The quantitative estimate of drug-likeness (QED) is 0.241. The Kier molecular flexibility index (Phi) is 10.1. The first-order valence-electron chi connectivity index (χ1n) is 15.2. The van der Waals surface area contributed by atoms with Gasteiger partial charge in [0.25, 0.3) is 5.91 Å².